The first-order valence-electron chi connectivity index (χ1n) is 17.3. The van der Waals surface area contributed by atoms with Gasteiger partial charge in [0.05, 0.1) is 0 Å². The topological polar surface area (TPSA) is 3.24 Å². The lowest BCUT2D eigenvalue weighted by atomic mass is 10.0. The number of unbranched alkanes of at least 4 members (excludes halogenated alkanes) is 18. The van der Waals surface area contributed by atoms with Gasteiger partial charge in [0.25, 0.3) is 0 Å². The summed E-state index contributed by atoms with van der Waals surface area (Å²) in [7, 11) is 0. The Morgan fingerprint density at radius 3 is 1.08 bits per heavy atom. The van der Waals surface area contributed by atoms with Gasteiger partial charge in [-0.2, -0.15) is 0 Å². The molecule has 222 valence electrons. The highest BCUT2D eigenvalue weighted by molar-refractivity contribution is 5.14. The van der Waals surface area contributed by atoms with Gasteiger partial charge in [-0.1, -0.05) is 186 Å². The summed E-state index contributed by atoms with van der Waals surface area (Å²) >= 11 is 0. The molecule has 0 unspecified atom stereocenters. The van der Waals surface area contributed by atoms with Crippen molar-refractivity contribution >= 4 is 0 Å². The van der Waals surface area contributed by atoms with Gasteiger partial charge in [-0.25, -0.2) is 0 Å². The van der Waals surface area contributed by atoms with Gasteiger partial charge in [0.1, 0.15) is 0 Å². The summed E-state index contributed by atoms with van der Waals surface area (Å²) in [5.74, 6) is 1.76. The molecule has 1 nitrogen and oxygen atoms in total. The number of hydrogen-bond acceptors (Lipinski definition) is 1. The maximum absolute atomic E-state index is 2.74. The van der Waals surface area contributed by atoms with Crippen molar-refractivity contribution in [2.24, 2.45) is 11.8 Å². The second-order valence-electron chi connectivity index (χ2n) is 13.2. The molecule has 0 amide bonds. The third-order valence-electron chi connectivity index (χ3n) is 8.26. The highest BCUT2D eigenvalue weighted by Crippen LogP contribution is 2.16. The largest absolute Gasteiger partial charge is 0.299 e. The normalized spacial score (nSPS) is 11.9. The van der Waals surface area contributed by atoms with Crippen LogP contribution in [0.2, 0.25) is 0 Å². The number of rotatable bonds is 28. The Hall–Kier alpha value is -0.820. The maximum Gasteiger partial charge on any atom is 0.0233 e. The van der Waals surface area contributed by atoms with Crippen molar-refractivity contribution < 1.29 is 0 Å². The molecule has 0 bridgehead atoms. The van der Waals surface area contributed by atoms with E-state index in [2.05, 4.69) is 62.9 Å². The molecule has 0 N–H and O–H groups in total. The third-order valence-corrected chi connectivity index (χ3v) is 8.26. The monoisotopic (exact) mass is 528 g/mol. The van der Waals surface area contributed by atoms with Gasteiger partial charge < -0.3 is 0 Å². The zero-order chi connectivity index (χ0) is 27.5. The molecule has 1 aromatic carbocycles. The van der Waals surface area contributed by atoms with Crippen LogP contribution in [-0.2, 0) is 6.54 Å². The predicted octanol–water partition coefficient (Wildman–Crippen LogP) is 12.4. The van der Waals surface area contributed by atoms with Crippen LogP contribution in [0, 0.1) is 11.8 Å². The molecule has 0 spiro atoms. The molecule has 0 aliphatic carbocycles. The van der Waals surface area contributed by atoms with E-state index in [1.54, 1.807) is 0 Å². The smallest absolute Gasteiger partial charge is 0.0233 e. The van der Waals surface area contributed by atoms with Crippen molar-refractivity contribution in [3.63, 3.8) is 0 Å². The van der Waals surface area contributed by atoms with Crippen LogP contribution in [0.5, 0.6) is 0 Å². The minimum Gasteiger partial charge on any atom is -0.299 e. The van der Waals surface area contributed by atoms with Gasteiger partial charge in [0.15, 0.2) is 0 Å². The highest BCUT2D eigenvalue weighted by atomic mass is 15.1. The lowest BCUT2D eigenvalue weighted by molar-refractivity contribution is 0.252. The average molecular weight is 528 g/mol. The zero-order valence-corrected chi connectivity index (χ0v) is 26.7. The molecule has 0 saturated heterocycles. The Morgan fingerprint density at radius 1 is 0.421 bits per heavy atom. The Morgan fingerprint density at radius 2 is 0.737 bits per heavy atom. The molecular weight excluding hydrogens is 458 g/mol. The second kappa shape index (κ2) is 26.4. The molecule has 38 heavy (non-hydrogen) atoms. The lowest BCUT2D eigenvalue weighted by Crippen LogP contribution is -2.25. The second-order valence-corrected chi connectivity index (χ2v) is 13.2. The molecule has 0 aliphatic rings. The molecule has 0 fully saturated rings. The van der Waals surface area contributed by atoms with Gasteiger partial charge in [0, 0.05) is 6.54 Å². The Labute approximate surface area is 241 Å². The maximum atomic E-state index is 2.74. The van der Waals surface area contributed by atoms with Gasteiger partial charge >= 0.3 is 0 Å². The van der Waals surface area contributed by atoms with E-state index in [0.717, 1.165) is 18.4 Å². The fourth-order valence-corrected chi connectivity index (χ4v) is 5.72. The van der Waals surface area contributed by atoms with Gasteiger partial charge in [-0.15, -0.1) is 0 Å². The molecule has 0 aliphatic heterocycles. The van der Waals surface area contributed by atoms with E-state index >= 15 is 0 Å². The Balaban J connectivity index is 2.05. The molecule has 1 rings (SSSR count). The summed E-state index contributed by atoms with van der Waals surface area (Å²) in [6.45, 7) is 13.1. The Kier molecular flexibility index (Phi) is 24.5. The van der Waals surface area contributed by atoms with Crippen molar-refractivity contribution in [3.05, 3.63) is 35.9 Å². The highest BCUT2D eigenvalue weighted by Gasteiger charge is 2.06. The van der Waals surface area contributed by atoms with Crippen LogP contribution < -0.4 is 0 Å². The minimum atomic E-state index is 0.882. The van der Waals surface area contributed by atoms with E-state index < -0.39 is 0 Å². The van der Waals surface area contributed by atoms with E-state index in [0.29, 0.717) is 0 Å². The average Bonchev–Trinajstić information content (AvgIpc) is 2.90. The van der Waals surface area contributed by atoms with Gasteiger partial charge in [-0.3, -0.25) is 4.90 Å². The first-order valence-corrected chi connectivity index (χ1v) is 17.3. The van der Waals surface area contributed by atoms with Crippen LogP contribution >= 0.6 is 0 Å². The molecule has 0 saturated carbocycles. The Bertz CT molecular complexity index is 546. The summed E-state index contributed by atoms with van der Waals surface area (Å²) in [5, 5.41) is 0. The van der Waals surface area contributed by atoms with E-state index in [4.69, 9.17) is 0 Å². The quantitative estimate of drug-likeness (QED) is 0.0979. The number of nitrogens with zero attached hydrogens (tertiary/aromatic N) is 1. The van der Waals surface area contributed by atoms with Crippen molar-refractivity contribution in [2.45, 2.75) is 175 Å². The minimum absolute atomic E-state index is 0.882. The first-order chi connectivity index (χ1) is 18.6. The standard InChI is InChI=1S/C37H69N/c1-35(2)28-22-17-13-9-5-7-11-15-19-26-32-38(34-37-30-24-21-25-31-37)33-27-20-16-12-8-6-10-14-18-23-29-36(3)4/h21,24-25,30-31,35-36H,5-20,22-23,26-29,32-34H2,1-4H3. The van der Waals surface area contributed by atoms with Gasteiger partial charge in [0.2, 0.25) is 0 Å². The van der Waals surface area contributed by atoms with Crippen molar-refractivity contribution in [3.8, 4) is 0 Å². The third kappa shape index (κ3) is 24.2. The number of hydrogen-bond donors (Lipinski definition) is 0. The van der Waals surface area contributed by atoms with Crippen LogP contribution in [0.25, 0.3) is 0 Å². The van der Waals surface area contributed by atoms with E-state index in [-0.39, 0.29) is 0 Å². The lowest BCUT2D eigenvalue weighted by Gasteiger charge is -2.22. The molecule has 0 heterocycles. The van der Waals surface area contributed by atoms with E-state index in [1.807, 2.05) is 0 Å². The van der Waals surface area contributed by atoms with Crippen LogP contribution in [0.4, 0.5) is 0 Å². The zero-order valence-electron chi connectivity index (χ0n) is 26.7. The summed E-state index contributed by atoms with van der Waals surface area (Å²) in [5.41, 5.74) is 1.48. The van der Waals surface area contributed by atoms with Crippen LogP contribution in [0.1, 0.15) is 175 Å². The van der Waals surface area contributed by atoms with Gasteiger partial charge in [-0.05, 0) is 43.3 Å². The van der Waals surface area contributed by atoms with Crippen LogP contribution in [0.15, 0.2) is 30.3 Å². The fourth-order valence-electron chi connectivity index (χ4n) is 5.72. The van der Waals surface area contributed by atoms with Crippen LogP contribution in [0.3, 0.4) is 0 Å². The van der Waals surface area contributed by atoms with Crippen molar-refractivity contribution in [1.82, 2.24) is 4.90 Å². The molecule has 0 aromatic heterocycles. The molecule has 1 aromatic rings. The fraction of sp³-hybridized carbons (Fsp3) is 0.838. The summed E-state index contributed by atoms with van der Waals surface area (Å²) in [4.78, 5) is 2.74. The molecular formula is C37H69N. The van der Waals surface area contributed by atoms with Crippen molar-refractivity contribution in [2.75, 3.05) is 13.1 Å². The summed E-state index contributed by atoms with van der Waals surface area (Å²) in [6, 6.07) is 11.1. The summed E-state index contributed by atoms with van der Waals surface area (Å²) < 4.78 is 0. The predicted molar refractivity (Wildman–Crippen MR) is 173 cm³/mol. The number of benzene rings is 1. The molecule has 0 radical (unpaired) electrons. The molecule has 1 heteroatoms. The van der Waals surface area contributed by atoms with Crippen molar-refractivity contribution in [1.29, 1.82) is 0 Å². The van der Waals surface area contributed by atoms with E-state index in [9.17, 15) is 0 Å². The SMILES string of the molecule is CC(C)CCCCCCCCCCCCN(CCCCCCCCCCCCC(C)C)Cc1ccccc1. The van der Waals surface area contributed by atoms with Crippen LogP contribution in [-0.4, -0.2) is 18.0 Å². The molecule has 0 atom stereocenters. The van der Waals surface area contributed by atoms with E-state index in [1.165, 1.54) is 160 Å². The first kappa shape index (κ1) is 35.2. The summed E-state index contributed by atoms with van der Waals surface area (Å²) in [6.07, 6.45) is 31.6.